The van der Waals surface area contributed by atoms with Gasteiger partial charge in [-0.05, 0) is 49.7 Å². The van der Waals surface area contributed by atoms with Gasteiger partial charge in [-0.25, -0.2) is 0 Å². The quantitative estimate of drug-likeness (QED) is 0.783. The molecule has 0 bridgehead atoms. The summed E-state index contributed by atoms with van der Waals surface area (Å²) in [6, 6.07) is 5.69. The van der Waals surface area contributed by atoms with Crippen LogP contribution in [0.1, 0.15) is 28.4 Å². The Morgan fingerprint density at radius 2 is 2.13 bits per heavy atom. The van der Waals surface area contributed by atoms with E-state index in [0.717, 1.165) is 16.7 Å². The van der Waals surface area contributed by atoms with E-state index in [1.165, 1.54) is 0 Å². The minimum Gasteiger partial charge on any atom is -0.387 e. The lowest BCUT2D eigenvalue weighted by Crippen LogP contribution is -2.17. The Labute approximate surface area is 90.4 Å². The standard InChI is InChI=1S/C12H16N2O/c1-8-4-10(6-13)5-11(9(8)2)12(15)7-14-3/h4-5,12,14-15H,7H2,1-3H3. The molecule has 1 unspecified atom stereocenters. The number of aliphatic hydroxyl groups is 1. The molecule has 0 aromatic heterocycles. The second-order valence-electron chi connectivity index (χ2n) is 3.69. The maximum absolute atomic E-state index is 9.87. The molecule has 3 heteroatoms. The van der Waals surface area contributed by atoms with Gasteiger partial charge in [-0.3, -0.25) is 0 Å². The molecule has 15 heavy (non-hydrogen) atoms. The zero-order chi connectivity index (χ0) is 11.4. The van der Waals surface area contributed by atoms with Crippen molar-refractivity contribution in [2.24, 2.45) is 0 Å². The number of nitrogens with zero attached hydrogens (tertiary/aromatic N) is 1. The molecule has 0 saturated heterocycles. The minimum absolute atomic E-state index is 0.495. The fraction of sp³-hybridized carbons (Fsp3) is 0.417. The lowest BCUT2D eigenvalue weighted by Gasteiger charge is -2.15. The third-order valence-corrected chi connectivity index (χ3v) is 2.59. The number of aryl methyl sites for hydroxylation is 1. The van der Waals surface area contributed by atoms with Gasteiger partial charge in [0, 0.05) is 6.54 Å². The van der Waals surface area contributed by atoms with Crippen molar-refractivity contribution in [3.63, 3.8) is 0 Å². The highest BCUT2D eigenvalue weighted by atomic mass is 16.3. The summed E-state index contributed by atoms with van der Waals surface area (Å²) in [7, 11) is 1.79. The van der Waals surface area contributed by atoms with E-state index in [2.05, 4.69) is 11.4 Å². The molecule has 2 N–H and O–H groups in total. The van der Waals surface area contributed by atoms with Crippen molar-refractivity contribution in [3.8, 4) is 6.07 Å². The van der Waals surface area contributed by atoms with Crippen LogP contribution in [0.2, 0.25) is 0 Å². The van der Waals surface area contributed by atoms with Crippen molar-refractivity contribution >= 4 is 0 Å². The number of nitrogens with one attached hydrogen (secondary N) is 1. The Morgan fingerprint density at radius 3 is 2.67 bits per heavy atom. The Kier molecular flexibility index (Phi) is 3.84. The lowest BCUT2D eigenvalue weighted by atomic mass is 9.96. The molecule has 0 heterocycles. The van der Waals surface area contributed by atoms with Crippen LogP contribution in [-0.4, -0.2) is 18.7 Å². The van der Waals surface area contributed by atoms with Crippen LogP contribution >= 0.6 is 0 Å². The van der Waals surface area contributed by atoms with Crippen LogP contribution in [0, 0.1) is 25.2 Å². The predicted molar refractivity (Wildman–Crippen MR) is 59.5 cm³/mol. The zero-order valence-corrected chi connectivity index (χ0v) is 9.33. The monoisotopic (exact) mass is 204 g/mol. The Morgan fingerprint density at radius 1 is 1.47 bits per heavy atom. The molecule has 0 aliphatic rings. The molecule has 0 saturated carbocycles. The maximum Gasteiger partial charge on any atom is 0.0991 e. The van der Waals surface area contributed by atoms with Gasteiger partial charge in [-0.15, -0.1) is 0 Å². The second-order valence-corrected chi connectivity index (χ2v) is 3.69. The van der Waals surface area contributed by atoms with Crippen LogP contribution in [0.3, 0.4) is 0 Å². The number of benzene rings is 1. The van der Waals surface area contributed by atoms with Gasteiger partial charge in [0.1, 0.15) is 0 Å². The van der Waals surface area contributed by atoms with Crippen molar-refractivity contribution in [2.75, 3.05) is 13.6 Å². The molecule has 0 aliphatic heterocycles. The summed E-state index contributed by atoms with van der Waals surface area (Å²) in [6.45, 7) is 4.41. The maximum atomic E-state index is 9.87. The Bertz CT molecular complexity index is 393. The highest BCUT2D eigenvalue weighted by Crippen LogP contribution is 2.22. The highest BCUT2D eigenvalue weighted by Gasteiger charge is 2.12. The van der Waals surface area contributed by atoms with Crippen LogP contribution in [0.15, 0.2) is 12.1 Å². The van der Waals surface area contributed by atoms with Crippen LogP contribution in [0.5, 0.6) is 0 Å². The minimum atomic E-state index is -0.554. The van der Waals surface area contributed by atoms with E-state index in [-0.39, 0.29) is 0 Å². The third-order valence-electron chi connectivity index (χ3n) is 2.59. The third kappa shape index (κ3) is 2.56. The molecule has 3 nitrogen and oxygen atoms in total. The van der Waals surface area contributed by atoms with E-state index in [9.17, 15) is 5.11 Å². The molecule has 1 atom stereocenters. The van der Waals surface area contributed by atoms with Crippen LogP contribution in [0.4, 0.5) is 0 Å². The molecular formula is C12H16N2O. The van der Waals surface area contributed by atoms with E-state index in [1.807, 2.05) is 19.9 Å². The lowest BCUT2D eigenvalue weighted by molar-refractivity contribution is 0.177. The second kappa shape index (κ2) is 4.92. The number of hydrogen-bond donors (Lipinski definition) is 2. The molecular weight excluding hydrogens is 188 g/mol. The molecule has 0 amide bonds. The molecule has 0 spiro atoms. The molecule has 0 fully saturated rings. The molecule has 80 valence electrons. The van der Waals surface area contributed by atoms with Crippen molar-refractivity contribution in [2.45, 2.75) is 20.0 Å². The van der Waals surface area contributed by atoms with Crippen molar-refractivity contribution in [1.29, 1.82) is 5.26 Å². The molecule has 1 rings (SSSR count). The van der Waals surface area contributed by atoms with E-state index in [4.69, 9.17) is 5.26 Å². The number of hydrogen-bond acceptors (Lipinski definition) is 3. The van der Waals surface area contributed by atoms with Gasteiger partial charge in [0.15, 0.2) is 0 Å². The smallest absolute Gasteiger partial charge is 0.0991 e. The van der Waals surface area contributed by atoms with E-state index in [0.29, 0.717) is 12.1 Å². The summed E-state index contributed by atoms with van der Waals surface area (Å²) in [5, 5.41) is 21.6. The van der Waals surface area contributed by atoms with Gasteiger partial charge in [-0.1, -0.05) is 0 Å². The Balaban J connectivity index is 3.16. The van der Waals surface area contributed by atoms with Crippen molar-refractivity contribution in [3.05, 3.63) is 34.4 Å². The normalized spacial score (nSPS) is 12.2. The summed E-state index contributed by atoms with van der Waals surface area (Å²) in [4.78, 5) is 0. The number of rotatable bonds is 3. The average molecular weight is 204 g/mol. The van der Waals surface area contributed by atoms with Crippen molar-refractivity contribution in [1.82, 2.24) is 5.32 Å². The van der Waals surface area contributed by atoms with Gasteiger partial charge in [0.25, 0.3) is 0 Å². The summed E-state index contributed by atoms with van der Waals surface area (Å²) >= 11 is 0. The Hall–Kier alpha value is -1.37. The number of nitriles is 1. The van der Waals surface area contributed by atoms with Crippen molar-refractivity contribution < 1.29 is 5.11 Å². The molecule has 0 aliphatic carbocycles. The van der Waals surface area contributed by atoms with Crippen LogP contribution < -0.4 is 5.32 Å². The van der Waals surface area contributed by atoms with E-state index >= 15 is 0 Å². The fourth-order valence-corrected chi connectivity index (χ4v) is 1.60. The first-order valence-corrected chi connectivity index (χ1v) is 4.94. The van der Waals surface area contributed by atoms with Gasteiger partial charge in [-0.2, -0.15) is 5.26 Å². The summed E-state index contributed by atoms with van der Waals surface area (Å²) < 4.78 is 0. The predicted octanol–water partition coefficient (Wildman–Crippen LogP) is 1.43. The first kappa shape index (κ1) is 11.7. The zero-order valence-electron chi connectivity index (χ0n) is 9.33. The van der Waals surface area contributed by atoms with E-state index < -0.39 is 6.10 Å². The SMILES string of the molecule is CNCC(O)c1cc(C#N)cc(C)c1C. The van der Waals surface area contributed by atoms with Gasteiger partial charge in [0.2, 0.25) is 0 Å². The topological polar surface area (TPSA) is 56.0 Å². The average Bonchev–Trinajstić information content (AvgIpc) is 2.22. The van der Waals surface area contributed by atoms with Crippen LogP contribution in [0.25, 0.3) is 0 Å². The molecule has 1 aromatic rings. The number of likely N-dealkylation sites (N-methyl/N-ethyl adjacent to an activating group) is 1. The van der Waals surface area contributed by atoms with Gasteiger partial charge < -0.3 is 10.4 Å². The number of aliphatic hydroxyl groups excluding tert-OH is 1. The summed E-state index contributed by atoms with van der Waals surface area (Å²) in [5.74, 6) is 0. The van der Waals surface area contributed by atoms with Crippen LogP contribution in [-0.2, 0) is 0 Å². The van der Waals surface area contributed by atoms with Gasteiger partial charge in [0.05, 0.1) is 17.7 Å². The fourth-order valence-electron chi connectivity index (χ4n) is 1.60. The summed E-state index contributed by atoms with van der Waals surface area (Å²) in [6.07, 6.45) is -0.554. The van der Waals surface area contributed by atoms with E-state index in [1.54, 1.807) is 13.1 Å². The largest absolute Gasteiger partial charge is 0.387 e. The first-order chi connectivity index (χ1) is 7.10. The first-order valence-electron chi connectivity index (χ1n) is 4.94. The summed E-state index contributed by atoms with van der Waals surface area (Å²) in [5.41, 5.74) is 3.53. The molecule has 1 aromatic carbocycles. The highest BCUT2D eigenvalue weighted by molar-refractivity contribution is 5.43. The van der Waals surface area contributed by atoms with Gasteiger partial charge >= 0.3 is 0 Å². The molecule has 0 radical (unpaired) electrons.